The first-order valence-electron chi connectivity index (χ1n) is 6.61. The maximum Gasteiger partial charge on any atom is 0.225 e. The van der Waals surface area contributed by atoms with Crippen LogP contribution in [0.25, 0.3) is 0 Å². The summed E-state index contributed by atoms with van der Waals surface area (Å²) >= 11 is 0. The zero-order chi connectivity index (χ0) is 12.5. The van der Waals surface area contributed by atoms with Gasteiger partial charge in [0.25, 0.3) is 0 Å². The molecule has 0 aromatic carbocycles. The van der Waals surface area contributed by atoms with Gasteiger partial charge in [0.2, 0.25) is 5.91 Å². The van der Waals surface area contributed by atoms with Crippen LogP contribution < -0.4 is 0 Å². The monoisotopic (exact) mass is 250 g/mol. The van der Waals surface area contributed by atoms with Crippen LogP contribution in [0.4, 0.5) is 0 Å². The van der Waals surface area contributed by atoms with Crippen molar-refractivity contribution in [2.45, 2.75) is 51.3 Å². The molecule has 18 heavy (non-hydrogen) atoms. The van der Waals surface area contributed by atoms with E-state index in [0.717, 1.165) is 31.0 Å². The summed E-state index contributed by atoms with van der Waals surface area (Å²) < 4.78 is 2.14. The Hall–Kier alpha value is -1.43. The zero-order valence-corrected chi connectivity index (χ0v) is 10.4. The van der Waals surface area contributed by atoms with E-state index in [4.69, 9.17) is 0 Å². The lowest BCUT2D eigenvalue weighted by Gasteiger charge is -2.16. The van der Waals surface area contributed by atoms with Gasteiger partial charge in [-0.15, -0.1) is 10.2 Å². The smallest absolute Gasteiger partial charge is 0.225 e. The van der Waals surface area contributed by atoms with Crippen LogP contribution in [0.1, 0.15) is 37.3 Å². The first-order chi connectivity index (χ1) is 8.74. The molecule has 1 amide bonds. The fourth-order valence-corrected chi connectivity index (χ4v) is 2.74. The Morgan fingerprint density at radius 3 is 2.94 bits per heavy atom. The predicted octanol–water partition coefficient (Wildman–Crippen LogP) is 0.0977. The van der Waals surface area contributed by atoms with Crippen molar-refractivity contribution in [3.05, 3.63) is 11.6 Å². The molecule has 6 heteroatoms. The minimum atomic E-state index is -0.524. The molecule has 0 radical (unpaired) electrons. The van der Waals surface area contributed by atoms with Crippen molar-refractivity contribution < 1.29 is 9.90 Å². The van der Waals surface area contributed by atoms with E-state index >= 15 is 0 Å². The van der Waals surface area contributed by atoms with Crippen molar-refractivity contribution in [2.24, 2.45) is 0 Å². The lowest BCUT2D eigenvalue weighted by molar-refractivity contribution is -0.128. The minimum absolute atomic E-state index is 0.00784. The van der Waals surface area contributed by atoms with Crippen LogP contribution in [0.15, 0.2) is 0 Å². The number of fused-ring (bicyclic) bond motifs is 1. The van der Waals surface area contributed by atoms with Crippen molar-refractivity contribution in [1.29, 1.82) is 0 Å². The van der Waals surface area contributed by atoms with Crippen LogP contribution in [0, 0.1) is 0 Å². The molecule has 0 saturated carbocycles. The number of rotatable bonds is 2. The van der Waals surface area contributed by atoms with Gasteiger partial charge in [0, 0.05) is 19.5 Å². The number of carbonyl (C=O) groups excluding carboxylic acids is 1. The van der Waals surface area contributed by atoms with E-state index in [0.29, 0.717) is 13.1 Å². The number of carbonyl (C=O) groups is 1. The molecule has 2 aliphatic rings. The molecule has 0 bridgehead atoms. The molecule has 1 aromatic heterocycles. The molecule has 3 heterocycles. The topological polar surface area (TPSA) is 71.2 Å². The van der Waals surface area contributed by atoms with Gasteiger partial charge in [0.15, 0.2) is 5.82 Å². The van der Waals surface area contributed by atoms with E-state index in [1.807, 2.05) is 0 Å². The van der Waals surface area contributed by atoms with Crippen molar-refractivity contribution >= 4 is 5.91 Å². The molecular formula is C12H18N4O2. The van der Waals surface area contributed by atoms with E-state index < -0.39 is 6.10 Å². The van der Waals surface area contributed by atoms with Crippen LogP contribution in [0.5, 0.6) is 0 Å². The fraction of sp³-hybridized carbons (Fsp3) is 0.750. The number of hydrogen-bond donors (Lipinski definition) is 1. The molecule has 1 unspecified atom stereocenters. The summed E-state index contributed by atoms with van der Waals surface area (Å²) in [5, 5.41) is 17.9. The number of aliphatic hydroxyl groups is 1. The number of aliphatic hydroxyl groups excluding tert-OH is 1. The lowest BCUT2D eigenvalue weighted by Crippen LogP contribution is -2.27. The minimum Gasteiger partial charge on any atom is -0.391 e. The van der Waals surface area contributed by atoms with Gasteiger partial charge in [-0.1, -0.05) is 6.42 Å². The highest BCUT2D eigenvalue weighted by Crippen LogP contribution is 2.18. The molecule has 1 aromatic rings. The largest absolute Gasteiger partial charge is 0.391 e. The van der Waals surface area contributed by atoms with Gasteiger partial charge in [0.05, 0.1) is 19.1 Å². The van der Waals surface area contributed by atoms with E-state index in [2.05, 4.69) is 14.8 Å². The third-order valence-corrected chi connectivity index (χ3v) is 3.71. The Bertz CT molecular complexity index is 457. The Morgan fingerprint density at radius 1 is 1.28 bits per heavy atom. The molecule has 1 N–H and O–H groups in total. The number of aromatic nitrogens is 3. The Labute approximate surface area is 106 Å². The summed E-state index contributed by atoms with van der Waals surface area (Å²) in [7, 11) is 0. The second kappa shape index (κ2) is 4.68. The molecule has 1 saturated heterocycles. The van der Waals surface area contributed by atoms with Crippen LogP contribution >= 0.6 is 0 Å². The Kier molecular flexibility index (Phi) is 3.03. The average molecular weight is 250 g/mol. The number of nitrogens with zero attached hydrogens (tertiary/aromatic N) is 4. The standard InChI is InChI=1S/C12H18N4O2/c17-9-6-12(18)15(7-9)8-11-14-13-10-4-2-1-3-5-16(10)11/h9,17H,1-8H2. The Balaban J connectivity index is 1.77. The van der Waals surface area contributed by atoms with E-state index in [1.54, 1.807) is 4.90 Å². The number of likely N-dealkylation sites (tertiary alicyclic amines) is 1. The van der Waals surface area contributed by atoms with Gasteiger partial charge in [-0.05, 0) is 12.8 Å². The summed E-state index contributed by atoms with van der Waals surface area (Å²) in [6.07, 6.45) is 4.23. The highest BCUT2D eigenvalue weighted by atomic mass is 16.3. The molecule has 1 fully saturated rings. The maximum atomic E-state index is 11.7. The van der Waals surface area contributed by atoms with Crippen molar-refractivity contribution in [2.75, 3.05) is 6.54 Å². The van der Waals surface area contributed by atoms with E-state index in [1.165, 1.54) is 12.8 Å². The summed E-state index contributed by atoms with van der Waals surface area (Å²) in [4.78, 5) is 13.3. The third kappa shape index (κ3) is 2.12. The van der Waals surface area contributed by atoms with Gasteiger partial charge in [0.1, 0.15) is 5.82 Å². The average Bonchev–Trinajstić information content (AvgIpc) is 2.75. The fourth-order valence-electron chi connectivity index (χ4n) is 2.74. The highest BCUT2D eigenvalue weighted by Gasteiger charge is 2.29. The normalized spacial score (nSPS) is 24.2. The molecule has 98 valence electrons. The molecule has 3 rings (SSSR count). The van der Waals surface area contributed by atoms with Gasteiger partial charge < -0.3 is 14.6 Å². The second-order valence-corrected chi connectivity index (χ2v) is 5.13. The highest BCUT2D eigenvalue weighted by molar-refractivity contribution is 5.78. The van der Waals surface area contributed by atoms with Gasteiger partial charge in [-0.3, -0.25) is 4.79 Å². The quantitative estimate of drug-likeness (QED) is 0.808. The van der Waals surface area contributed by atoms with Crippen LogP contribution in [0.2, 0.25) is 0 Å². The van der Waals surface area contributed by atoms with E-state index in [-0.39, 0.29) is 12.3 Å². The van der Waals surface area contributed by atoms with Crippen LogP contribution in [0.3, 0.4) is 0 Å². The summed E-state index contributed by atoms with van der Waals surface area (Å²) in [5.74, 6) is 1.90. The van der Waals surface area contributed by atoms with Crippen LogP contribution in [-0.4, -0.2) is 43.3 Å². The van der Waals surface area contributed by atoms with E-state index in [9.17, 15) is 9.90 Å². The summed E-state index contributed by atoms with van der Waals surface area (Å²) in [6, 6.07) is 0. The molecule has 2 aliphatic heterocycles. The number of β-amino-alcohol motifs (C(OH)–C–C–N with tert-alkyl or cyclic N) is 1. The third-order valence-electron chi connectivity index (χ3n) is 3.71. The van der Waals surface area contributed by atoms with Gasteiger partial charge in [-0.25, -0.2) is 0 Å². The van der Waals surface area contributed by atoms with Gasteiger partial charge >= 0.3 is 0 Å². The lowest BCUT2D eigenvalue weighted by atomic mass is 10.2. The number of hydrogen-bond acceptors (Lipinski definition) is 4. The summed E-state index contributed by atoms with van der Waals surface area (Å²) in [6.45, 7) is 1.84. The van der Waals surface area contributed by atoms with Gasteiger partial charge in [-0.2, -0.15) is 0 Å². The summed E-state index contributed by atoms with van der Waals surface area (Å²) in [5.41, 5.74) is 0. The molecule has 6 nitrogen and oxygen atoms in total. The first-order valence-corrected chi connectivity index (χ1v) is 6.61. The van der Waals surface area contributed by atoms with Crippen molar-refractivity contribution in [1.82, 2.24) is 19.7 Å². The second-order valence-electron chi connectivity index (χ2n) is 5.13. The maximum absolute atomic E-state index is 11.7. The molecule has 0 aliphatic carbocycles. The molecular weight excluding hydrogens is 232 g/mol. The molecule has 0 spiro atoms. The first kappa shape index (κ1) is 11.6. The number of amides is 1. The van der Waals surface area contributed by atoms with Crippen molar-refractivity contribution in [3.63, 3.8) is 0 Å². The molecule has 1 atom stereocenters. The van der Waals surface area contributed by atoms with Crippen LogP contribution in [-0.2, 0) is 24.3 Å². The predicted molar refractivity (Wildman–Crippen MR) is 63.6 cm³/mol. The Morgan fingerprint density at radius 2 is 2.17 bits per heavy atom. The zero-order valence-electron chi connectivity index (χ0n) is 10.4. The van der Waals surface area contributed by atoms with Crippen molar-refractivity contribution in [3.8, 4) is 0 Å². The number of aryl methyl sites for hydroxylation is 1. The SMILES string of the molecule is O=C1CC(O)CN1Cc1nnc2n1CCCCC2.